The number of carbonyl (C=O) groups is 1. The minimum atomic E-state index is 0.113. The molecule has 0 aliphatic heterocycles. The van der Waals surface area contributed by atoms with E-state index in [-0.39, 0.29) is 5.91 Å². The molecule has 0 spiro atoms. The highest BCUT2D eigenvalue weighted by Gasteiger charge is 2.16. The predicted octanol–water partition coefficient (Wildman–Crippen LogP) is 2.77. The number of amides is 1. The van der Waals surface area contributed by atoms with Crippen LogP contribution in [0.15, 0.2) is 30.7 Å². The summed E-state index contributed by atoms with van der Waals surface area (Å²) in [6.45, 7) is 0.542. The molecule has 0 radical (unpaired) electrons. The van der Waals surface area contributed by atoms with E-state index >= 15 is 0 Å². The summed E-state index contributed by atoms with van der Waals surface area (Å²) in [5, 5.41) is 7.84. The van der Waals surface area contributed by atoms with E-state index in [1.165, 1.54) is 25.7 Å². The Labute approximate surface area is 140 Å². The summed E-state index contributed by atoms with van der Waals surface area (Å²) in [6, 6.07) is 3.94. The molecule has 0 saturated heterocycles. The van der Waals surface area contributed by atoms with Gasteiger partial charge in [-0.1, -0.05) is 12.8 Å². The lowest BCUT2D eigenvalue weighted by Crippen LogP contribution is -2.25. The van der Waals surface area contributed by atoms with Crippen molar-refractivity contribution in [3.05, 3.63) is 36.3 Å². The first-order chi connectivity index (χ1) is 11.2. The summed E-state index contributed by atoms with van der Waals surface area (Å²) in [5.74, 6) is 0.673. The van der Waals surface area contributed by atoms with Gasteiger partial charge in [0.15, 0.2) is 0 Å². The van der Waals surface area contributed by atoms with Crippen molar-refractivity contribution in [2.45, 2.75) is 37.5 Å². The van der Waals surface area contributed by atoms with Crippen molar-refractivity contribution >= 4 is 17.7 Å². The van der Waals surface area contributed by atoms with Crippen LogP contribution in [0, 0.1) is 0 Å². The zero-order chi connectivity index (χ0) is 16.1. The lowest BCUT2D eigenvalue weighted by atomic mass is 10.1. The van der Waals surface area contributed by atoms with E-state index in [1.54, 1.807) is 28.8 Å². The van der Waals surface area contributed by atoms with Gasteiger partial charge in [-0.2, -0.15) is 5.10 Å². The van der Waals surface area contributed by atoms with Crippen LogP contribution >= 0.6 is 11.8 Å². The van der Waals surface area contributed by atoms with Gasteiger partial charge in [0.25, 0.3) is 0 Å². The van der Waals surface area contributed by atoms with Gasteiger partial charge in [-0.15, -0.1) is 11.8 Å². The Bertz CT molecular complexity index is 664. The first-order valence-corrected chi connectivity index (χ1v) is 9.08. The van der Waals surface area contributed by atoms with E-state index in [2.05, 4.69) is 15.4 Å². The summed E-state index contributed by atoms with van der Waals surface area (Å²) >= 11 is 1.79. The maximum atomic E-state index is 12.0. The smallest absolute Gasteiger partial charge is 0.230 e. The lowest BCUT2D eigenvalue weighted by Gasteiger charge is -2.09. The molecule has 122 valence electrons. The molecular formula is C17H22N4OS. The first kappa shape index (κ1) is 16.1. The summed E-state index contributed by atoms with van der Waals surface area (Å²) in [7, 11) is 1.88. The Morgan fingerprint density at radius 2 is 2.26 bits per heavy atom. The van der Waals surface area contributed by atoms with Gasteiger partial charge in [0.05, 0.1) is 17.6 Å². The Morgan fingerprint density at radius 1 is 1.43 bits per heavy atom. The molecule has 1 amide bonds. The fourth-order valence-corrected chi connectivity index (χ4v) is 3.95. The number of aromatic nitrogens is 3. The minimum Gasteiger partial charge on any atom is -0.351 e. The molecule has 2 heterocycles. The van der Waals surface area contributed by atoms with Crippen LogP contribution in [0.3, 0.4) is 0 Å². The van der Waals surface area contributed by atoms with Crippen molar-refractivity contribution in [1.29, 1.82) is 0 Å². The van der Waals surface area contributed by atoms with Crippen LogP contribution in [0.4, 0.5) is 0 Å². The molecule has 0 unspecified atom stereocenters. The highest BCUT2D eigenvalue weighted by Crippen LogP contribution is 2.29. The van der Waals surface area contributed by atoms with Gasteiger partial charge in [-0.3, -0.25) is 14.5 Å². The van der Waals surface area contributed by atoms with Crippen LogP contribution in [0.5, 0.6) is 0 Å². The number of carbonyl (C=O) groups excluding carboxylic acids is 1. The molecule has 2 aromatic rings. The number of nitrogens with one attached hydrogen (secondary N) is 1. The summed E-state index contributed by atoms with van der Waals surface area (Å²) in [5.41, 5.74) is 2.92. The fourth-order valence-electron chi connectivity index (χ4n) is 2.80. The molecule has 5 nitrogen and oxygen atoms in total. The molecule has 0 atom stereocenters. The summed E-state index contributed by atoms with van der Waals surface area (Å²) < 4.78 is 1.76. The average molecular weight is 330 g/mol. The number of hydrogen-bond acceptors (Lipinski definition) is 4. The number of nitrogens with zero attached hydrogens (tertiary/aromatic N) is 3. The average Bonchev–Trinajstić information content (AvgIpc) is 3.23. The normalized spacial score (nSPS) is 15.0. The number of thioether (sulfide) groups is 1. The molecule has 1 aliphatic rings. The minimum absolute atomic E-state index is 0.113. The maximum Gasteiger partial charge on any atom is 0.230 e. The van der Waals surface area contributed by atoms with Crippen LogP contribution in [0.2, 0.25) is 0 Å². The van der Waals surface area contributed by atoms with Crippen molar-refractivity contribution in [1.82, 2.24) is 20.1 Å². The van der Waals surface area contributed by atoms with Crippen LogP contribution in [-0.4, -0.2) is 31.7 Å². The summed E-state index contributed by atoms with van der Waals surface area (Å²) in [4.78, 5) is 16.3. The quantitative estimate of drug-likeness (QED) is 0.885. The Balaban J connectivity index is 1.50. The largest absolute Gasteiger partial charge is 0.351 e. The van der Waals surface area contributed by atoms with Crippen LogP contribution in [0.1, 0.15) is 31.2 Å². The fraction of sp³-hybridized carbons (Fsp3) is 0.471. The van der Waals surface area contributed by atoms with Gasteiger partial charge >= 0.3 is 0 Å². The Morgan fingerprint density at radius 3 is 3.00 bits per heavy atom. The molecule has 1 N–H and O–H groups in total. The molecule has 0 aromatic carbocycles. The molecule has 1 fully saturated rings. The number of hydrogen-bond donors (Lipinski definition) is 1. The highest BCUT2D eigenvalue weighted by molar-refractivity contribution is 8.00. The monoisotopic (exact) mass is 330 g/mol. The van der Waals surface area contributed by atoms with Crippen LogP contribution < -0.4 is 5.32 Å². The Hall–Kier alpha value is -1.82. The van der Waals surface area contributed by atoms with Gasteiger partial charge in [0.1, 0.15) is 0 Å². The third kappa shape index (κ3) is 4.58. The SMILES string of the molecule is Cn1cc(-c2cc(CNC(=O)CSC3CCCC3)ccn2)cn1. The molecule has 1 saturated carbocycles. The van der Waals surface area contributed by atoms with E-state index in [1.807, 2.05) is 25.4 Å². The standard InChI is InChI=1S/C17H22N4OS/c1-21-11-14(10-20-21)16-8-13(6-7-18-16)9-19-17(22)12-23-15-4-2-3-5-15/h6-8,10-11,15H,2-5,9,12H2,1H3,(H,19,22). The highest BCUT2D eigenvalue weighted by atomic mass is 32.2. The second-order valence-corrected chi connectivity index (χ2v) is 7.23. The second-order valence-electron chi connectivity index (χ2n) is 5.95. The van der Waals surface area contributed by atoms with Gasteiger partial charge in [0, 0.05) is 36.8 Å². The van der Waals surface area contributed by atoms with Gasteiger partial charge < -0.3 is 5.32 Å². The van der Waals surface area contributed by atoms with Crippen molar-refractivity contribution in [2.24, 2.45) is 7.05 Å². The topological polar surface area (TPSA) is 59.8 Å². The van der Waals surface area contributed by atoms with Crippen LogP contribution in [-0.2, 0) is 18.4 Å². The van der Waals surface area contributed by atoms with Gasteiger partial charge in [-0.05, 0) is 30.5 Å². The van der Waals surface area contributed by atoms with Gasteiger partial charge in [-0.25, -0.2) is 0 Å². The molecular weight excluding hydrogens is 308 g/mol. The molecule has 23 heavy (non-hydrogen) atoms. The van der Waals surface area contributed by atoms with E-state index in [9.17, 15) is 4.79 Å². The predicted molar refractivity (Wildman–Crippen MR) is 93.0 cm³/mol. The number of pyridine rings is 1. The molecule has 1 aliphatic carbocycles. The third-order valence-corrected chi connectivity index (χ3v) is 5.44. The Kier molecular flexibility index (Phi) is 5.33. The molecule has 0 bridgehead atoms. The lowest BCUT2D eigenvalue weighted by molar-refractivity contribution is -0.118. The number of rotatable bonds is 6. The van der Waals surface area contributed by atoms with Crippen molar-refractivity contribution in [3.63, 3.8) is 0 Å². The van der Waals surface area contributed by atoms with E-state index in [0.29, 0.717) is 17.5 Å². The van der Waals surface area contributed by atoms with E-state index in [0.717, 1.165) is 16.8 Å². The second kappa shape index (κ2) is 7.64. The van der Waals surface area contributed by atoms with Crippen LogP contribution in [0.25, 0.3) is 11.3 Å². The van der Waals surface area contributed by atoms with Gasteiger partial charge in [0.2, 0.25) is 5.91 Å². The van der Waals surface area contributed by atoms with Crippen molar-refractivity contribution < 1.29 is 4.79 Å². The third-order valence-electron chi connectivity index (χ3n) is 4.07. The first-order valence-electron chi connectivity index (χ1n) is 8.03. The summed E-state index contributed by atoms with van der Waals surface area (Å²) in [6.07, 6.45) is 10.7. The van der Waals surface area contributed by atoms with E-state index in [4.69, 9.17) is 0 Å². The van der Waals surface area contributed by atoms with Crippen molar-refractivity contribution in [2.75, 3.05) is 5.75 Å². The zero-order valence-corrected chi connectivity index (χ0v) is 14.2. The number of aryl methyl sites for hydroxylation is 1. The zero-order valence-electron chi connectivity index (χ0n) is 13.4. The maximum absolute atomic E-state index is 12.0. The van der Waals surface area contributed by atoms with Crippen molar-refractivity contribution in [3.8, 4) is 11.3 Å². The molecule has 2 aromatic heterocycles. The molecule has 3 rings (SSSR count). The molecule has 6 heteroatoms. The van der Waals surface area contributed by atoms with E-state index < -0.39 is 0 Å².